The van der Waals surface area contributed by atoms with Crippen molar-refractivity contribution in [1.29, 1.82) is 0 Å². The summed E-state index contributed by atoms with van der Waals surface area (Å²) in [6.07, 6.45) is 0. The highest BCUT2D eigenvalue weighted by Gasteiger charge is 2.11. The Hall–Kier alpha value is -5.63. The normalized spacial score (nSPS) is 9.74. The molecule has 0 spiro atoms. The van der Waals surface area contributed by atoms with Crippen molar-refractivity contribution in [1.82, 2.24) is 0 Å². The molecule has 0 atom stereocenters. The van der Waals surface area contributed by atoms with Crippen LogP contribution in [0.25, 0.3) is 11.1 Å². The number of anilines is 7. The first-order chi connectivity index (χ1) is 18.7. The van der Waals surface area contributed by atoms with E-state index in [9.17, 15) is 4.79 Å². The molecule has 198 valence electrons. The van der Waals surface area contributed by atoms with Gasteiger partial charge in [0, 0.05) is 17.1 Å². The van der Waals surface area contributed by atoms with E-state index in [1.807, 2.05) is 78.9 Å². The van der Waals surface area contributed by atoms with Gasteiger partial charge in [-0.05, 0) is 71.8 Å². The van der Waals surface area contributed by atoms with Gasteiger partial charge in [0.15, 0.2) is 0 Å². The van der Waals surface area contributed by atoms with Crippen LogP contribution in [-0.4, -0.2) is 5.91 Å². The monoisotopic (exact) mass is 519 g/mol. The third kappa shape index (κ3) is 8.47. The van der Waals surface area contributed by atoms with Crippen LogP contribution in [0.2, 0.25) is 0 Å². The minimum absolute atomic E-state index is 0.263. The van der Waals surface area contributed by atoms with Gasteiger partial charge in [0.25, 0.3) is 5.91 Å². The molecule has 0 aromatic heterocycles. The van der Waals surface area contributed by atoms with E-state index in [1.165, 1.54) is 0 Å². The number of nitrogen functional groups attached to an aromatic ring is 6. The van der Waals surface area contributed by atoms with Crippen LogP contribution in [0.4, 0.5) is 39.8 Å². The van der Waals surface area contributed by atoms with Gasteiger partial charge in [0.2, 0.25) is 0 Å². The number of nitrogens with one attached hydrogen (secondary N) is 1. The van der Waals surface area contributed by atoms with E-state index in [0.29, 0.717) is 28.3 Å². The molecule has 0 aliphatic heterocycles. The van der Waals surface area contributed by atoms with Gasteiger partial charge in [-0.2, -0.15) is 0 Å². The molecule has 8 heteroatoms. The molecule has 0 saturated heterocycles. The highest BCUT2D eigenvalue weighted by Crippen LogP contribution is 2.22. The lowest BCUT2D eigenvalue weighted by Gasteiger charge is -2.08. The van der Waals surface area contributed by atoms with Crippen molar-refractivity contribution >= 4 is 45.7 Å². The van der Waals surface area contributed by atoms with E-state index < -0.39 is 0 Å². The lowest BCUT2D eigenvalue weighted by molar-refractivity contribution is 0.102. The zero-order valence-electron chi connectivity index (χ0n) is 21.4. The first-order valence-corrected chi connectivity index (χ1v) is 12.1. The molecule has 39 heavy (non-hydrogen) atoms. The van der Waals surface area contributed by atoms with Gasteiger partial charge in [-0.25, -0.2) is 0 Å². The molecule has 5 aromatic carbocycles. The summed E-state index contributed by atoms with van der Waals surface area (Å²) in [5.41, 5.74) is 40.4. The maximum absolute atomic E-state index is 11.9. The first kappa shape index (κ1) is 27.9. The summed E-state index contributed by atoms with van der Waals surface area (Å²) in [4.78, 5) is 11.9. The summed E-state index contributed by atoms with van der Waals surface area (Å²) < 4.78 is 0. The van der Waals surface area contributed by atoms with Crippen LogP contribution in [0.3, 0.4) is 0 Å². The molecule has 1 amide bonds. The third-order valence-corrected chi connectivity index (χ3v) is 5.57. The molecular formula is C31H33N7O. The predicted octanol–water partition coefficient (Wildman–Crippen LogP) is 5.47. The van der Waals surface area contributed by atoms with E-state index in [4.69, 9.17) is 34.4 Å². The second-order valence-corrected chi connectivity index (χ2v) is 8.50. The number of para-hydroxylation sites is 4. The van der Waals surface area contributed by atoms with Gasteiger partial charge in [-0.15, -0.1) is 0 Å². The van der Waals surface area contributed by atoms with Crippen molar-refractivity contribution in [2.75, 3.05) is 39.7 Å². The van der Waals surface area contributed by atoms with Crippen LogP contribution in [0.15, 0.2) is 121 Å². The molecule has 5 rings (SSSR count). The molecule has 0 unspecified atom stereocenters. The molecule has 0 fully saturated rings. The Morgan fingerprint density at radius 3 is 1.36 bits per heavy atom. The van der Waals surface area contributed by atoms with E-state index in [-0.39, 0.29) is 5.91 Å². The SMILES string of the molecule is Nc1ccc(-c2ccc(N)cc2)cc1.Nc1cccc(C(=O)Nc2ccccc2)c1N.Nc1ccccc1N. The molecule has 0 radical (unpaired) electrons. The Kier molecular flexibility index (Phi) is 9.76. The molecule has 0 bridgehead atoms. The molecule has 0 aliphatic carbocycles. The van der Waals surface area contributed by atoms with Gasteiger partial charge in [0.05, 0.1) is 28.3 Å². The van der Waals surface area contributed by atoms with Crippen LogP contribution in [0, 0.1) is 0 Å². The van der Waals surface area contributed by atoms with E-state index in [0.717, 1.165) is 28.2 Å². The molecule has 0 saturated carbocycles. The number of nitrogens with two attached hydrogens (primary N) is 6. The van der Waals surface area contributed by atoms with E-state index >= 15 is 0 Å². The third-order valence-electron chi connectivity index (χ3n) is 5.57. The summed E-state index contributed by atoms with van der Waals surface area (Å²) in [6.45, 7) is 0. The Bertz CT molecular complexity index is 1420. The molecule has 8 nitrogen and oxygen atoms in total. The van der Waals surface area contributed by atoms with Gasteiger partial charge in [0.1, 0.15) is 0 Å². The van der Waals surface area contributed by atoms with Crippen molar-refractivity contribution in [3.63, 3.8) is 0 Å². The van der Waals surface area contributed by atoms with Gasteiger partial charge < -0.3 is 39.7 Å². The second-order valence-electron chi connectivity index (χ2n) is 8.50. The average molecular weight is 520 g/mol. The quantitative estimate of drug-likeness (QED) is 0.154. The van der Waals surface area contributed by atoms with Crippen molar-refractivity contribution in [2.24, 2.45) is 0 Å². The first-order valence-electron chi connectivity index (χ1n) is 12.1. The van der Waals surface area contributed by atoms with Crippen LogP contribution >= 0.6 is 0 Å². The van der Waals surface area contributed by atoms with Crippen LogP contribution in [-0.2, 0) is 0 Å². The van der Waals surface area contributed by atoms with Crippen molar-refractivity contribution < 1.29 is 4.79 Å². The number of hydrogen-bond donors (Lipinski definition) is 7. The largest absolute Gasteiger partial charge is 0.399 e. The minimum atomic E-state index is -0.263. The fraction of sp³-hybridized carbons (Fsp3) is 0. The Morgan fingerprint density at radius 2 is 0.897 bits per heavy atom. The molecule has 0 aliphatic rings. The zero-order chi connectivity index (χ0) is 28.2. The zero-order valence-corrected chi connectivity index (χ0v) is 21.4. The topological polar surface area (TPSA) is 185 Å². The number of benzene rings is 5. The van der Waals surface area contributed by atoms with E-state index in [2.05, 4.69) is 5.32 Å². The molecule has 0 heterocycles. The number of rotatable bonds is 3. The average Bonchev–Trinajstić information content (AvgIpc) is 2.94. The highest BCUT2D eigenvalue weighted by atomic mass is 16.1. The maximum atomic E-state index is 11.9. The van der Waals surface area contributed by atoms with Gasteiger partial charge in [-0.1, -0.05) is 60.7 Å². The van der Waals surface area contributed by atoms with Crippen LogP contribution < -0.4 is 39.7 Å². The van der Waals surface area contributed by atoms with Crippen LogP contribution in [0.5, 0.6) is 0 Å². The lowest BCUT2D eigenvalue weighted by atomic mass is 10.1. The summed E-state index contributed by atoms with van der Waals surface area (Å²) in [5.74, 6) is -0.263. The summed E-state index contributed by atoms with van der Waals surface area (Å²) in [5, 5.41) is 2.75. The number of amides is 1. The maximum Gasteiger partial charge on any atom is 0.257 e. The summed E-state index contributed by atoms with van der Waals surface area (Å²) in [6, 6.07) is 37.0. The number of carbonyl (C=O) groups is 1. The van der Waals surface area contributed by atoms with Gasteiger partial charge >= 0.3 is 0 Å². The van der Waals surface area contributed by atoms with Crippen molar-refractivity contribution in [3.8, 4) is 11.1 Å². The molecular weight excluding hydrogens is 486 g/mol. The number of hydrogen-bond acceptors (Lipinski definition) is 7. The predicted molar refractivity (Wildman–Crippen MR) is 166 cm³/mol. The molecule has 5 aromatic rings. The second kappa shape index (κ2) is 13.6. The van der Waals surface area contributed by atoms with Crippen molar-refractivity contribution in [2.45, 2.75) is 0 Å². The smallest absolute Gasteiger partial charge is 0.257 e. The van der Waals surface area contributed by atoms with E-state index in [1.54, 1.807) is 42.5 Å². The Balaban J connectivity index is 0.000000172. The highest BCUT2D eigenvalue weighted by molar-refractivity contribution is 6.09. The van der Waals surface area contributed by atoms with Gasteiger partial charge in [-0.3, -0.25) is 4.79 Å². The lowest BCUT2D eigenvalue weighted by Crippen LogP contribution is -2.14. The summed E-state index contributed by atoms with van der Waals surface area (Å²) in [7, 11) is 0. The fourth-order valence-electron chi connectivity index (χ4n) is 3.36. The Morgan fingerprint density at radius 1 is 0.462 bits per heavy atom. The number of carbonyl (C=O) groups excluding carboxylic acids is 1. The standard InChI is InChI=1S/C13H13N3O.C12H12N2.C6H8N2/c14-11-8-4-7-10(12(11)15)13(17)16-9-5-2-1-3-6-9;13-11-5-1-9(2-6-11)10-3-7-12(14)8-4-10;7-5-3-1-2-4-6(5)8/h1-8H,14-15H2,(H,16,17);1-8H,13-14H2;1-4H,7-8H2. The van der Waals surface area contributed by atoms with Crippen molar-refractivity contribution in [3.05, 3.63) is 127 Å². The molecule has 13 N–H and O–H groups in total. The van der Waals surface area contributed by atoms with Crippen LogP contribution in [0.1, 0.15) is 10.4 Å². The minimum Gasteiger partial charge on any atom is -0.399 e. The fourth-order valence-corrected chi connectivity index (χ4v) is 3.36. The summed E-state index contributed by atoms with van der Waals surface area (Å²) >= 11 is 0. The Labute approximate surface area is 228 Å².